The Morgan fingerprint density at radius 1 is 1.08 bits per heavy atom. The molecule has 0 saturated carbocycles. The standard InChI is InChI=1S/C21H20N2O2S/c24-21(23-11-9-20-17(15-23)10-12-26-20)22-14-16-5-4-8-19(13-16)25-18-6-2-1-3-7-18/h1-8,10,12-13H,9,11,14-15H2,(H,22,24). The molecule has 4 rings (SSSR count). The molecule has 0 bridgehead atoms. The van der Waals surface area contributed by atoms with Gasteiger partial charge in [0, 0.05) is 24.5 Å². The molecule has 2 aromatic carbocycles. The Bertz CT molecular complexity index is 892. The summed E-state index contributed by atoms with van der Waals surface area (Å²) >= 11 is 1.78. The van der Waals surface area contributed by atoms with Gasteiger partial charge in [-0.1, -0.05) is 30.3 Å². The second-order valence-corrected chi connectivity index (χ2v) is 7.26. The van der Waals surface area contributed by atoms with Crippen molar-refractivity contribution in [3.63, 3.8) is 0 Å². The van der Waals surface area contributed by atoms with Crippen molar-refractivity contribution in [1.82, 2.24) is 10.2 Å². The van der Waals surface area contributed by atoms with E-state index in [1.54, 1.807) is 11.3 Å². The van der Waals surface area contributed by atoms with Gasteiger partial charge in [-0.25, -0.2) is 4.79 Å². The normalized spacial score (nSPS) is 13.2. The van der Waals surface area contributed by atoms with Crippen LogP contribution in [0.15, 0.2) is 66.0 Å². The maximum atomic E-state index is 12.5. The second-order valence-electron chi connectivity index (χ2n) is 6.26. The summed E-state index contributed by atoms with van der Waals surface area (Å²) in [6.45, 7) is 1.95. The van der Waals surface area contributed by atoms with Gasteiger partial charge in [0.15, 0.2) is 0 Å². The molecule has 2 amide bonds. The fourth-order valence-electron chi connectivity index (χ4n) is 3.05. The van der Waals surface area contributed by atoms with Gasteiger partial charge in [0.05, 0.1) is 0 Å². The van der Waals surface area contributed by atoms with E-state index in [9.17, 15) is 4.79 Å². The van der Waals surface area contributed by atoms with Crippen molar-refractivity contribution >= 4 is 17.4 Å². The predicted octanol–water partition coefficient (Wildman–Crippen LogP) is 4.81. The van der Waals surface area contributed by atoms with Crippen LogP contribution in [-0.2, 0) is 19.5 Å². The zero-order valence-corrected chi connectivity index (χ0v) is 15.2. The summed E-state index contributed by atoms with van der Waals surface area (Å²) in [7, 11) is 0. The van der Waals surface area contributed by atoms with Crippen molar-refractivity contribution in [1.29, 1.82) is 0 Å². The van der Waals surface area contributed by atoms with Crippen molar-refractivity contribution < 1.29 is 9.53 Å². The Kier molecular flexibility index (Phi) is 4.88. The lowest BCUT2D eigenvalue weighted by atomic mass is 10.1. The van der Waals surface area contributed by atoms with Crippen LogP contribution in [0.5, 0.6) is 11.5 Å². The molecule has 5 heteroatoms. The summed E-state index contributed by atoms with van der Waals surface area (Å²) < 4.78 is 5.85. The lowest BCUT2D eigenvalue weighted by Gasteiger charge is -2.27. The first kappa shape index (κ1) is 16.7. The first-order chi connectivity index (χ1) is 12.8. The molecule has 1 aromatic heterocycles. The van der Waals surface area contributed by atoms with E-state index in [-0.39, 0.29) is 6.03 Å². The molecule has 0 unspecified atom stereocenters. The number of benzene rings is 2. The number of thiophene rings is 1. The molecule has 26 heavy (non-hydrogen) atoms. The summed E-state index contributed by atoms with van der Waals surface area (Å²) in [6.07, 6.45) is 0.945. The van der Waals surface area contributed by atoms with Gasteiger partial charge >= 0.3 is 6.03 Å². The number of para-hydroxylation sites is 1. The quantitative estimate of drug-likeness (QED) is 0.722. The first-order valence-corrected chi connectivity index (χ1v) is 9.56. The Morgan fingerprint density at radius 2 is 1.92 bits per heavy atom. The molecule has 0 spiro atoms. The van der Waals surface area contributed by atoms with Crippen molar-refractivity contribution in [3.8, 4) is 11.5 Å². The lowest BCUT2D eigenvalue weighted by Crippen LogP contribution is -2.42. The largest absolute Gasteiger partial charge is 0.457 e. The van der Waals surface area contributed by atoms with Crippen LogP contribution in [0.1, 0.15) is 16.0 Å². The van der Waals surface area contributed by atoms with E-state index in [1.165, 1.54) is 10.4 Å². The number of rotatable bonds is 4. The number of fused-ring (bicyclic) bond motifs is 1. The zero-order valence-electron chi connectivity index (χ0n) is 14.4. The summed E-state index contributed by atoms with van der Waals surface area (Å²) in [5.41, 5.74) is 2.29. The highest BCUT2D eigenvalue weighted by Crippen LogP contribution is 2.24. The van der Waals surface area contributed by atoms with Crippen LogP contribution >= 0.6 is 11.3 Å². The van der Waals surface area contributed by atoms with E-state index in [0.29, 0.717) is 13.1 Å². The van der Waals surface area contributed by atoms with Crippen LogP contribution in [0.4, 0.5) is 4.79 Å². The summed E-state index contributed by atoms with van der Waals surface area (Å²) in [6, 6.07) is 19.6. The molecule has 0 atom stereocenters. The maximum absolute atomic E-state index is 12.5. The van der Waals surface area contributed by atoms with Crippen molar-refractivity contribution in [2.45, 2.75) is 19.5 Å². The molecule has 0 radical (unpaired) electrons. The lowest BCUT2D eigenvalue weighted by molar-refractivity contribution is 0.192. The Labute approximate surface area is 157 Å². The van der Waals surface area contributed by atoms with Crippen molar-refractivity contribution in [3.05, 3.63) is 82.0 Å². The number of hydrogen-bond acceptors (Lipinski definition) is 3. The van der Waals surface area contributed by atoms with Crippen molar-refractivity contribution in [2.75, 3.05) is 6.54 Å². The third-order valence-electron chi connectivity index (χ3n) is 4.42. The number of nitrogens with zero attached hydrogens (tertiary/aromatic N) is 1. The van der Waals surface area contributed by atoms with Gasteiger partial charge in [0.25, 0.3) is 0 Å². The summed E-state index contributed by atoms with van der Waals surface area (Å²) in [5.74, 6) is 1.57. The minimum atomic E-state index is -0.0174. The van der Waals surface area contributed by atoms with Gasteiger partial charge in [0.2, 0.25) is 0 Å². The third kappa shape index (κ3) is 3.89. The van der Waals surface area contributed by atoms with Crippen LogP contribution in [-0.4, -0.2) is 17.5 Å². The fraction of sp³-hybridized carbons (Fsp3) is 0.190. The highest BCUT2D eigenvalue weighted by molar-refractivity contribution is 7.10. The number of hydrogen-bond donors (Lipinski definition) is 1. The van der Waals surface area contributed by atoms with Gasteiger partial charge in [-0.2, -0.15) is 0 Å². The van der Waals surface area contributed by atoms with E-state index < -0.39 is 0 Å². The highest BCUT2D eigenvalue weighted by atomic mass is 32.1. The fourth-order valence-corrected chi connectivity index (χ4v) is 3.94. The van der Waals surface area contributed by atoms with E-state index in [4.69, 9.17) is 4.74 Å². The molecule has 3 aromatic rings. The monoisotopic (exact) mass is 364 g/mol. The van der Waals surface area contributed by atoms with Gasteiger partial charge in [0.1, 0.15) is 11.5 Å². The van der Waals surface area contributed by atoms with Crippen LogP contribution in [0.3, 0.4) is 0 Å². The minimum absolute atomic E-state index is 0.0174. The van der Waals surface area contributed by atoms with Crippen molar-refractivity contribution in [2.24, 2.45) is 0 Å². The minimum Gasteiger partial charge on any atom is -0.457 e. The zero-order chi connectivity index (χ0) is 17.8. The maximum Gasteiger partial charge on any atom is 0.317 e. The molecule has 0 aliphatic carbocycles. The van der Waals surface area contributed by atoms with E-state index in [2.05, 4.69) is 16.8 Å². The Hall–Kier alpha value is -2.79. The first-order valence-electron chi connectivity index (χ1n) is 8.68. The molecule has 2 heterocycles. The smallest absolute Gasteiger partial charge is 0.317 e. The Morgan fingerprint density at radius 3 is 2.81 bits per heavy atom. The number of nitrogens with one attached hydrogen (secondary N) is 1. The van der Waals surface area contributed by atoms with Crippen LogP contribution < -0.4 is 10.1 Å². The molecule has 1 N–H and O–H groups in total. The molecular weight excluding hydrogens is 344 g/mol. The van der Waals surface area contributed by atoms with E-state index in [1.807, 2.05) is 59.5 Å². The topological polar surface area (TPSA) is 41.6 Å². The predicted molar refractivity (Wildman–Crippen MR) is 104 cm³/mol. The molecule has 0 fully saturated rings. The molecule has 0 saturated heterocycles. The van der Waals surface area contributed by atoms with E-state index >= 15 is 0 Å². The summed E-state index contributed by atoms with van der Waals surface area (Å²) in [5, 5.41) is 5.12. The van der Waals surface area contributed by atoms with Crippen LogP contribution in [0.25, 0.3) is 0 Å². The highest BCUT2D eigenvalue weighted by Gasteiger charge is 2.21. The number of amides is 2. The molecule has 132 valence electrons. The number of carbonyl (C=O) groups excluding carboxylic acids is 1. The SMILES string of the molecule is O=C(NCc1cccc(Oc2ccccc2)c1)N1CCc2sccc2C1. The third-order valence-corrected chi connectivity index (χ3v) is 5.44. The summed E-state index contributed by atoms with van der Waals surface area (Å²) in [4.78, 5) is 15.7. The average molecular weight is 364 g/mol. The van der Waals surface area contributed by atoms with Gasteiger partial charge in [-0.05, 0) is 53.3 Å². The van der Waals surface area contributed by atoms with Crippen LogP contribution in [0, 0.1) is 0 Å². The molecule has 1 aliphatic heterocycles. The van der Waals surface area contributed by atoms with Crippen LogP contribution in [0.2, 0.25) is 0 Å². The molecule has 1 aliphatic rings. The van der Waals surface area contributed by atoms with Gasteiger partial charge in [-0.3, -0.25) is 0 Å². The van der Waals surface area contributed by atoms with Gasteiger partial charge in [-0.15, -0.1) is 11.3 Å². The second kappa shape index (κ2) is 7.62. The average Bonchev–Trinajstić information content (AvgIpc) is 3.15. The molecular formula is C21H20N2O2S. The van der Waals surface area contributed by atoms with Gasteiger partial charge < -0.3 is 15.0 Å². The van der Waals surface area contributed by atoms with E-state index in [0.717, 1.165) is 30.0 Å². The number of ether oxygens (including phenoxy) is 1. The number of urea groups is 1. The number of carbonyl (C=O) groups is 1. The Balaban J connectivity index is 1.34. The molecule has 4 nitrogen and oxygen atoms in total.